The number of aromatic nitrogens is 1. The largest absolute Gasteiger partial charge is 0.365 e. The van der Waals surface area contributed by atoms with Gasteiger partial charge in [0, 0.05) is 11.3 Å². The molecule has 2 rings (SSSR count). The summed E-state index contributed by atoms with van der Waals surface area (Å²) in [4.78, 5) is 4.19. The molecule has 1 heterocycles. The number of thioether (sulfide) groups is 1. The number of halogens is 3. The number of hydrogen-bond donors (Lipinski definition) is 1. The molecule has 0 saturated heterocycles. The van der Waals surface area contributed by atoms with Crippen LogP contribution < -0.4 is 5.32 Å². The summed E-state index contributed by atoms with van der Waals surface area (Å²) in [7, 11) is 0. The molecule has 2 atom stereocenters. The summed E-state index contributed by atoms with van der Waals surface area (Å²) >= 11 is 19.7. The third-order valence-corrected chi connectivity index (χ3v) is 5.09. The molecule has 0 spiro atoms. The lowest BCUT2D eigenvalue weighted by Crippen LogP contribution is -2.26. The van der Waals surface area contributed by atoms with Crippen LogP contribution in [0.2, 0.25) is 15.2 Å². The number of rotatable bonds is 3. The first-order valence-corrected chi connectivity index (χ1v) is 7.85. The van der Waals surface area contributed by atoms with Crippen LogP contribution in [0.4, 0.5) is 5.82 Å². The van der Waals surface area contributed by atoms with Crippen LogP contribution in [0.25, 0.3) is 0 Å². The van der Waals surface area contributed by atoms with Gasteiger partial charge in [0.25, 0.3) is 0 Å². The van der Waals surface area contributed by atoms with Crippen LogP contribution in [-0.4, -0.2) is 22.5 Å². The zero-order chi connectivity index (χ0) is 12.4. The Hall–Kier alpha value is 0.170. The summed E-state index contributed by atoms with van der Waals surface area (Å²) in [6.07, 6.45) is 5.75. The van der Waals surface area contributed by atoms with Crippen molar-refractivity contribution in [2.75, 3.05) is 11.6 Å². The molecule has 2 nitrogen and oxygen atoms in total. The van der Waals surface area contributed by atoms with E-state index in [2.05, 4.69) is 16.6 Å². The molecular formula is C11H13Cl3N2S. The van der Waals surface area contributed by atoms with Gasteiger partial charge in [-0.05, 0) is 25.2 Å². The molecule has 1 saturated carbocycles. The minimum atomic E-state index is 0.289. The number of pyridine rings is 1. The van der Waals surface area contributed by atoms with E-state index in [0.29, 0.717) is 27.2 Å². The Bertz CT molecular complexity index is 414. The van der Waals surface area contributed by atoms with Gasteiger partial charge in [-0.25, -0.2) is 4.98 Å². The molecule has 2 unspecified atom stereocenters. The zero-order valence-electron chi connectivity index (χ0n) is 9.34. The number of nitrogens with one attached hydrogen (secondary N) is 1. The van der Waals surface area contributed by atoms with Crippen LogP contribution in [0.5, 0.6) is 0 Å². The van der Waals surface area contributed by atoms with Crippen LogP contribution in [0.15, 0.2) is 6.07 Å². The monoisotopic (exact) mass is 310 g/mol. The van der Waals surface area contributed by atoms with Crippen molar-refractivity contribution >= 4 is 52.4 Å². The molecule has 1 fully saturated rings. The second-order valence-corrected chi connectivity index (χ2v) is 6.30. The second-order valence-electron chi connectivity index (χ2n) is 4.05. The van der Waals surface area contributed by atoms with Crippen LogP contribution in [0, 0.1) is 0 Å². The maximum Gasteiger partial charge on any atom is 0.150 e. The van der Waals surface area contributed by atoms with Crippen molar-refractivity contribution < 1.29 is 0 Å². The van der Waals surface area contributed by atoms with Crippen molar-refractivity contribution in [3.63, 3.8) is 0 Å². The Balaban J connectivity index is 2.15. The summed E-state index contributed by atoms with van der Waals surface area (Å²) < 4.78 is 0. The van der Waals surface area contributed by atoms with Crippen LogP contribution in [0.1, 0.15) is 19.3 Å². The molecule has 0 amide bonds. The van der Waals surface area contributed by atoms with E-state index in [9.17, 15) is 0 Å². The van der Waals surface area contributed by atoms with E-state index in [1.807, 2.05) is 11.8 Å². The molecule has 17 heavy (non-hydrogen) atoms. The van der Waals surface area contributed by atoms with E-state index in [1.54, 1.807) is 6.07 Å². The summed E-state index contributed by atoms with van der Waals surface area (Å²) in [5.41, 5.74) is 0. The molecule has 0 aromatic carbocycles. The molecular weight excluding hydrogens is 299 g/mol. The standard InChI is InChI=1S/C11H13Cl3N2S/c1-17-9-4-2-3-8(9)15-11-7(13)5-6(12)10(14)16-11/h5,8-9H,2-4H2,1H3,(H,15,16). The Morgan fingerprint density at radius 2 is 2.06 bits per heavy atom. The van der Waals surface area contributed by atoms with Gasteiger partial charge < -0.3 is 5.32 Å². The van der Waals surface area contributed by atoms with E-state index in [1.165, 1.54) is 12.8 Å². The smallest absolute Gasteiger partial charge is 0.150 e. The Labute approximate surface area is 120 Å². The van der Waals surface area contributed by atoms with Gasteiger partial charge >= 0.3 is 0 Å². The molecule has 0 aliphatic heterocycles. The summed E-state index contributed by atoms with van der Waals surface area (Å²) in [6.45, 7) is 0. The quantitative estimate of drug-likeness (QED) is 0.816. The highest BCUT2D eigenvalue weighted by atomic mass is 35.5. The number of anilines is 1. The fourth-order valence-electron chi connectivity index (χ4n) is 2.09. The van der Waals surface area contributed by atoms with Crippen LogP contribution >= 0.6 is 46.6 Å². The third kappa shape index (κ3) is 3.14. The van der Waals surface area contributed by atoms with Gasteiger partial charge in [0.05, 0.1) is 10.0 Å². The topological polar surface area (TPSA) is 24.9 Å². The van der Waals surface area contributed by atoms with E-state index in [0.717, 1.165) is 6.42 Å². The van der Waals surface area contributed by atoms with E-state index in [4.69, 9.17) is 34.8 Å². The lowest BCUT2D eigenvalue weighted by atomic mass is 10.2. The van der Waals surface area contributed by atoms with Crippen molar-refractivity contribution in [3.8, 4) is 0 Å². The molecule has 1 N–H and O–H groups in total. The van der Waals surface area contributed by atoms with Crippen molar-refractivity contribution in [2.24, 2.45) is 0 Å². The van der Waals surface area contributed by atoms with Crippen LogP contribution in [-0.2, 0) is 0 Å². The first-order valence-electron chi connectivity index (χ1n) is 5.42. The molecule has 1 aliphatic carbocycles. The first-order chi connectivity index (χ1) is 8.11. The molecule has 94 valence electrons. The molecule has 1 aromatic rings. The highest BCUT2D eigenvalue weighted by Gasteiger charge is 2.27. The molecule has 1 aromatic heterocycles. The minimum Gasteiger partial charge on any atom is -0.365 e. The summed E-state index contributed by atoms with van der Waals surface area (Å²) in [5, 5.41) is 5.18. The Kier molecular flexibility index (Phi) is 4.70. The molecule has 0 radical (unpaired) electrons. The Morgan fingerprint density at radius 1 is 1.29 bits per heavy atom. The summed E-state index contributed by atoms with van der Waals surface area (Å²) in [5.74, 6) is 0.631. The fraction of sp³-hybridized carbons (Fsp3) is 0.545. The number of nitrogens with zero attached hydrogens (tertiary/aromatic N) is 1. The zero-order valence-corrected chi connectivity index (χ0v) is 12.4. The normalized spacial score (nSPS) is 24.0. The Morgan fingerprint density at radius 3 is 2.76 bits per heavy atom. The average molecular weight is 312 g/mol. The lowest BCUT2D eigenvalue weighted by Gasteiger charge is -2.20. The van der Waals surface area contributed by atoms with Gasteiger partial charge in [-0.2, -0.15) is 11.8 Å². The van der Waals surface area contributed by atoms with E-state index >= 15 is 0 Å². The summed E-state index contributed by atoms with van der Waals surface area (Å²) in [6, 6.07) is 2.04. The van der Waals surface area contributed by atoms with Gasteiger partial charge in [-0.1, -0.05) is 41.2 Å². The maximum atomic E-state index is 6.10. The van der Waals surface area contributed by atoms with Gasteiger partial charge in [-0.3, -0.25) is 0 Å². The highest BCUT2D eigenvalue weighted by molar-refractivity contribution is 7.99. The first kappa shape index (κ1) is 13.6. The highest BCUT2D eigenvalue weighted by Crippen LogP contribution is 2.34. The predicted octanol–water partition coefficient (Wildman–Crippen LogP) is 4.74. The predicted molar refractivity (Wildman–Crippen MR) is 77.8 cm³/mol. The van der Waals surface area contributed by atoms with Gasteiger partial charge in [0.1, 0.15) is 11.0 Å². The minimum absolute atomic E-state index is 0.289. The van der Waals surface area contributed by atoms with Crippen molar-refractivity contribution in [1.29, 1.82) is 0 Å². The SMILES string of the molecule is CSC1CCCC1Nc1nc(Cl)c(Cl)cc1Cl. The molecule has 1 aliphatic rings. The molecule has 6 heteroatoms. The van der Waals surface area contributed by atoms with Crippen LogP contribution in [0.3, 0.4) is 0 Å². The van der Waals surface area contributed by atoms with E-state index in [-0.39, 0.29) is 5.15 Å². The van der Waals surface area contributed by atoms with Crippen molar-refractivity contribution in [2.45, 2.75) is 30.6 Å². The third-order valence-electron chi connectivity index (χ3n) is 2.96. The van der Waals surface area contributed by atoms with Gasteiger partial charge in [-0.15, -0.1) is 0 Å². The van der Waals surface area contributed by atoms with Crippen molar-refractivity contribution in [3.05, 3.63) is 21.3 Å². The van der Waals surface area contributed by atoms with E-state index < -0.39 is 0 Å². The van der Waals surface area contributed by atoms with Crippen molar-refractivity contribution in [1.82, 2.24) is 4.98 Å². The second kappa shape index (κ2) is 5.87. The average Bonchev–Trinajstić information content (AvgIpc) is 2.73. The number of hydrogen-bond acceptors (Lipinski definition) is 3. The van der Waals surface area contributed by atoms with Gasteiger partial charge in [0.2, 0.25) is 0 Å². The fourth-order valence-corrected chi connectivity index (χ4v) is 3.58. The van der Waals surface area contributed by atoms with Gasteiger partial charge in [0.15, 0.2) is 0 Å². The molecule has 0 bridgehead atoms. The lowest BCUT2D eigenvalue weighted by molar-refractivity contribution is 0.763. The maximum absolute atomic E-state index is 6.10.